The van der Waals surface area contributed by atoms with Crippen molar-refractivity contribution < 1.29 is 0 Å². The van der Waals surface area contributed by atoms with E-state index in [-0.39, 0.29) is 17.0 Å². The zero-order valence-corrected chi connectivity index (χ0v) is 12.4. The number of hydrogen-bond donors (Lipinski definition) is 1. The van der Waals surface area contributed by atoms with Crippen molar-refractivity contribution in [2.45, 2.75) is 19.1 Å². The summed E-state index contributed by atoms with van der Waals surface area (Å²) in [6.07, 6.45) is 0. The fourth-order valence-corrected chi connectivity index (χ4v) is 2.50. The van der Waals surface area contributed by atoms with Crippen LogP contribution in [0.1, 0.15) is 19.4 Å². The number of nitrogens with zero attached hydrogens (tertiary/aromatic N) is 2. The summed E-state index contributed by atoms with van der Waals surface area (Å²) >= 11 is 1.72. The topological polar surface area (TPSA) is 36.8 Å². The molecule has 0 amide bonds. The third-order valence-electron chi connectivity index (χ3n) is 2.32. The van der Waals surface area contributed by atoms with Gasteiger partial charge in [-0.15, -0.1) is 22.1 Å². The molecule has 2 rings (SSSR count). The van der Waals surface area contributed by atoms with E-state index in [0.29, 0.717) is 5.25 Å². The molecule has 1 aromatic rings. The van der Waals surface area contributed by atoms with Gasteiger partial charge in [-0.05, 0) is 19.4 Å². The highest BCUT2D eigenvalue weighted by atomic mass is 79.9. The molecule has 0 saturated heterocycles. The van der Waals surface area contributed by atoms with Crippen molar-refractivity contribution in [2.75, 3.05) is 6.54 Å². The first-order chi connectivity index (χ1) is 7.81. The van der Waals surface area contributed by atoms with Gasteiger partial charge in [0, 0.05) is 6.54 Å². The predicted octanol–water partition coefficient (Wildman–Crippen LogP) is 3.07. The SMILES string of the molecule is Br.CCNC1=NN=C(c2ccccc2)C(C)S1. The van der Waals surface area contributed by atoms with Crippen LogP contribution in [0.4, 0.5) is 0 Å². The third kappa shape index (κ3) is 3.57. The molecule has 1 atom stereocenters. The van der Waals surface area contributed by atoms with Gasteiger partial charge in [0.1, 0.15) is 0 Å². The predicted molar refractivity (Wildman–Crippen MR) is 81.5 cm³/mol. The number of thioether (sulfide) groups is 1. The molecule has 0 bridgehead atoms. The zero-order valence-electron chi connectivity index (χ0n) is 9.88. The lowest BCUT2D eigenvalue weighted by molar-refractivity contribution is 0.966. The Hall–Kier alpha value is -0.810. The highest BCUT2D eigenvalue weighted by Gasteiger charge is 2.19. The molecule has 5 heteroatoms. The van der Waals surface area contributed by atoms with Crippen LogP contribution in [-0.4, -0.2) is 22.7 Å². The molecule has 17 heavy (non-hydrogen) atoms. The van der Waals surface area contributed by atoms with Gasteiger partial charge < -0.3 is 5.32 Å². The Morgan fingerprint density at radius 1 is 1.24 bits per heavy atom. The second kappa shape index (κ2) is 6.81. The van der Waals surface area contributed by atoms with Crippen LogP contribution in [0.5, 0.6) is 0 Å². The maximum Gasteiger partial charge on any atom is 0.183 e. The van der Waals surface area contributed by atoms with Gasteiger partial charge in [0.15, 0.2) is 5.17 Å². The standard InChI is InChI=1S/C12H15N3S.BrH/c1-3-13-12-15-14-11(9(2)16-12)10-7-5-4-6-8-10;/h4-9H,3H2,1-2H3,(H,13,15);1H. The molecule has 0 saturated carbocycles. The van der Waals surface area contributed by atoms with Gasteiger partial charge in [0.2, 0.25) is 0 Å². The fraction of sp³-hybridized carbons (Fsp3) is 0.333. The van der Waals surface area contributed by atoms with Crippen LogP contribution in [0.2, 0.25) is 0 Å². The van der Waals surface area contributed by atoms with E-state index in [1.54, 1.807) is 11.8 Å². The fourth-order valence-electron chi connectivity index (χ4n) is 1.56. The third-order valence-corrected chi connectivity index (χ3v) is 3.35. The normalized spacial score (nSPS) is 18.8. The molecule has 0 aromatic heterocycles. The molecule has 92 valence electrons. The Kier molecular flexibility index (Phi) is 5.71. The number of nitrogens with one attached hydrogen (secondary N) is 1. The minimum absolute atomic E-state index is 0. The molecule has 3 nitrogen and oxygen atoms in total. The van der Waals surface area contributed by atoms with Gasteiger partial charge in [-0.2, -0.15) is 5.10 Å². The molecule has 1 N–H and O–H groups in total. The summed E-state index contributed by atoms with van der Waals surface area (Å²) in [6, 6.07) is 10.2. The van der Waals surface area contributed by atoms with Crippen molar-refractivity contribution in [2.24, 2.45) is 10.2 Å². The van der Waals surface area contributed by atoms with E-state index in [1.165, 1.54) is 0 Å². The molecule has 1 heterocycles. The summed E-state index contributed by atoms with van der Waals surface area (Å²) < 4.78 is 0. The van der Waals surface area contributed by atoms with Crippen LogP contribution in [0.15, 0.2) is 40.5 Å². The van der Waals surface area contributed by atoms with Gasteiger partial charge in [0.05, 0.1) is 11.0 Å². The molecule has 0 aliphatic carbocycles. The summed E-state index contributed by atoms with van der Waals surface area (Å²) in [5, 5.41) is 12.9. The zero-order chi connectivity index (χ0) is 11.4. The van der Waals surface area contributed by atoms with Crippen LogP contribution in [0.3, 0.4) is 0 Å². The van der Waals surface area contributed by atoms with E-state index in [1.807, 2.05) is 18.2 Å². The summed E-state index contributed by atoms with van der Waals surface area (Å²) in [5.41, 5.74) is 2.20. The number of rotatable bonds is 2. The van der Waals surface area contributed by atoms with Crippen LogP contribution in [0, 0.1) is 0 Å². The lowest BCUT2D eigenvalue weighted by Crippen LogP contribution is -2.28. The van der Waals surface area contributed by atoms with Crippen LogP contribution in [0.25, 0.3) is 0 Å². The highest BCUT2D eigenvalue weighted by Crippen LogP contribution is 2.21. The molecule has 1 aromatic carbocycles. The van der Waals surface area contributed by atoms with Crippen molar-refractivity contribution in [3.8, 4) is 0 Å². The number of amidine groups is 1. The number of hydrogen-bond acceptors (Lipinski definition) is 4. The Labute approximate surface area is 117 Å². The smallest absolute Gasteiger partial charge is 0.183 e. The Morgan fingerprint density at radius 2 is 1.94 bits per heavy atom. The molecule has 0 fully saturated rings. The first-order valence-electron chi connectivity index (χ1n) is 5.42. The van der Waals surface area contributed by atoms with Gasteiger partial charge >= 0.3 is 0 Å². The molecular formula is C12H16BrN3S. The van der Waals surface area contributed by atoms with Crippen LogP contribution < -0.4 is 5.32 Å². The van der Waals surface area contributed by atoms with Gasteiger partial charge in [0.25, 0.3) is 0 Å². The maximum atomic E-state index is 4.30. The quantitative estimate of drug-likeness (QED) is 0.911. The molecule has 1 unspecified atom stereocenters. The van der Waals surface area contributed by atoms with Gasteiger partial charge in [-0.3, -0.25) is 0 Å². The van der Waals surface area contributed by atoms with Crippen molar-refractivity contribution in [3.05, 3.63) is 35.9 Å². The summed E-state index contributed by atoms with van der Waals surface area (Å²) in [7, 11) is 0. The van der Waals surface area contributed by atoms with Crippen LogP contribution in [-0.2, 0) is 0 Å². The van der Waals surface area contributed by atoms with E-state index < -0.39 is 0 Å². The second-order valence-electron chi connectivity index (χ2n) is 3.55. The monoisotopic (exact) mass is 313 g/mol. The van der Waals surface area contributed by atoms with Gasteiger partial charge in [-0.25, -0.2) is 0 Å². The molecular weight excluding hydrogens is 298 g/mol. The Morgan fingerprint density at radius 3 is 2.53 bits per heavy atom. The largest absolute Gasteiger partial charge is 0.363 e. The minimum Gasteiger partial charge on any atom is -0.363 e. The highest BCUT2D eigenvalue weighted by molar-refractivity contribution is 8.93. The lowest BCUT2D eigenvalue weighted by Gasteiger charge is -2.18. The molecule has 0 spiro atoms. The van der Waals surface area contributed by atoms with Crippen LogP contribution >= 0.6 is 28.7 Å². The lowest BCUT2D eigenvalue weighted by atomic mass is 10.1. The van der Waals surface area contributed by atoms with E-state index in [0.717, 1.165) is 23.0 Å². The minimum atomic E-state index is 0. The van der Waals surface area contributed by atoms with Gasteiger partial charge in [-0.1, -0.05) is 42.1 Å². The summed E-state index contributed by atoms with van der Waals surface area (Å²) in [4.78, 5) is 0. The summed E-state index contributed by atoms with van der Waals surface area (Å²) in [5.74, 6) is 0. The Bertz CT molecular complexity index is 417. The number of halogens is 1. The second-order valence-corrected chi connectivity index (χ2v) is 4.88. The van der Waals surface area contributed by atoms with Crippen molar-refractivity contribution in [1.82, 2.24) is 5.32 Å². The molecule has 1 aliphatic rings. The van der Waals surface area contributed by atoms with E-state index >= 15 is 0 Å². The molecule has 1 aliphatic heterocycles. The average molecular weight is 314 g/mol. The van der Waals surface area contributed by atoms with E-state index in [9.17, 15) is 0 Å². The number of benzene rings is 1. The van der Waals surface area contributed by atoms with Crippen molar-refractivity contribution >= 4 is 39.6 Å². The first-order valence-corrected chi connectivity index (χ1v) is 6.30. The van der Waals surface area contributed by atoms with E-state index in [2.05, 4.69) is 41.5 Å². The van der Waals surface area contributed by atoms with Crippen molar-refractivity contribution in [3.63, 3.8) is 0 Å². The average Bonchev–Trinajstić information content (AvgIpc) is 2.31. The summed E-state index contributed by atoms with van der Waals surface area (Å²) in [6.45, 7) is 5.10. The Balaban J connectivity index is 0.00000144. The van der Waals surface area contributed by atoms with E-state index in [4.69, 9.17) is 0 Å². The van der Waals surface area contributed by atoms with Crippen molar-refractivity contribution in [1.29, 1.82) is 0 Å². The molecule has 0 radical (unpaired) electrons. The first kappa shape index (κ1) is 14.3. The maximum absolute atomic E-state index is 4.30.